The van der Waals surface area contributed by atoms with E-state index in [1.807, 2.05) is 0 Å². The third-order valence-corrected chi connectivity index (χ3v) is 2.68. The molecule has 1 aromatic heterocycles. The van der Waals surface area contributed by atoms with Crippen molar-refractivity contribution >= 4 is 17.4 Å². The van der Waals surface area contributed by atoms with E-state index in [-0.39, 0.29) is 10.6 Å². The standard InChI is InChI=1S/C11H10ClF2N3/c1-11(13,14)6-2-3-7(8(12)4-6)9-5-10(15)17-16-9/h2-5H,1H3,(H3,15,16,17). The molecular formula is C11H10ClF2N3. The third kappa shape index (κ3) is 2.39. The van der Waals surface area contributed by atoms with Crippen LogP contribution in [-0.2, 0) is 5.92 Å². The van der Waals surface area contributed by atoms with Crippen LogP contribution in [0.25, 0.3) is 11.3 Å². The predicted molar refractivity (Wildman–Crippen MR) is 63.0 cm³/mol. The van der Waals surface area contributed by atoms with E-state index in [0.717, 1.165) is 6.92 Å². The van der Waals surface area contributed by atoms with Crippen LogP contribution in [0, 0.1) is 0 Å². The zero-order valence-electron chi connectivity index (χ0n) is 8.97. The molecule has 6 heteroatoms. The van der Waals surface area contributed by atoms with E-state index in [9.17, 15) is 8.78 Å². The van der Waals surface area contributed by atoms with Crippen molar-refractivity contribution in [3.05, 3.63) is 34.9 Å². The first-order chi connectivity index (χ1) is 7.88. The van der Waals surface area contributed by atoms with Crippen molar-refractivity contribution in [1.29, 1.82) is 0 Å². The molecule has 0 atom stereocenters. The van der Waals surface area contributed by atoms with Gasteiger partial charge in [0, 0.05) is 24.1 Å². The molecule has 0 aliphatic rings. The minimum absolute atomic E-state index is 0.126. The number of hydrogen-bond acceptors (Lipinski definition) is 2. The molecule has 0 saturated heterocycles. The van der Waals surface area contributed by atoms with Gasteiger partial charge in [0.1, 0.15) is 5.82 Å². The SMILES string of the molecule is CC(F)(F)c1ccc(-c2cc(N)n[nH]2)c(Cl)c1. The number of alkyl halides is 2. The summed E-state index contributed by atoms with van der Waals surface area (Å²) in [5.74, 6) is -2.59. The molecule has 0 bridgehead atoms. The number of nitrogen functional groups attached to an aromatic ring is 1. The Labute approximate surface area is 102 Å². The normalized spacial score (nSPS) is 11.8. The summed E-state index contributed by atoms with van der Waals surface area (Å²) in [6.07, 6.45) is 0. The van der Waals surface area contributed by atoms with Crippen molar-refractivity contribution in [2.24, 2.45) is 0 Å². The van der Waals surface area contributed by atoms with Crippen LogP contribution in [0.1, 0.15) is 12.5 Å². The second-order valence-electron chi connectivity index (χ2n) is 3.79. The second-order valence-corrected chi connectivity index (χ2v) is 4.20. The molecule has 2 aromatic rings. The molecule has 3 nitrogen and oxygen atoms in total. The Balaban J connectivity index is 2.45. The summed E-state index contributed by atoms with van der Waals surface area (Å²) < 4.78 is 26.1. The monoisotopic (exact) mass is 257 g/mol. The number of nitrogens with one attached hydrogen (secondary N) is 1. The van der Waals surface area contributed by atoms with E-state index in [0.29, 0.717) is 17.1 Å². The molecule has 0 amide bonds. The van der Waals surface area contributed by atoms with Gasteiger partial charge < -0.3 is 5.73 Å². The van der Waals surface area contributed by atoms with E-state index >= 15 is 0 Å². The van der Waals surface area contributed by atoms with E-state index in [2.05, 4.69) is 10.2 Å². The molecule has 0 spiro atoms. The zero-order valence-corrected chi connectivity index (χ0v) is 9.72. The summed E-state index contributed by atoms with van der Waals surface area (Å²) in [4.78, 5) is 0. The van der Waals surface area contributed by atoms with Gasteiger partial charge in [-0.25, -0.2) is 8.78 Å². The van der Waals surface area contributed by atoms with Crippen LogP contribution in [0.15, 0.2) is 24.3 Å². The number of aromatic amines is 1. The van der Waals surface area contributed by atoms with Crippen molar-refractivity contribution in [2.45, 2.75) is 12.8 Å². The summed E-state index contributed by atoms with van der Waals surface area (Å²) in [6, 6.07) is 5.68. The van der Waals surface area contributed by atoms with Gasteiger partial charge in [0.05, 0.1) is 10.7 Å². The lowest BCUT2D eigenvalue weighted by Crippen LogP contribution is -2.06. The first-order valence-electron chi connectivity index (χ1n) is 4.87. The Hall–Kier alpha value is -1.62. The Bertz CT molecular complexity index is 546. The van der Waals surface area contributed by atoms with Crippen molar-refractivity contribution in [1.82, 2.24) is 10.2 Å². The van der Waals surface area contributed by atoms with Crippen LogP contribution >= 0.6 is 11.6 Å². The molecule has 17 heavy (non-hydrogen) atoms. The summed E-state index contributed by atoms with van der Waals surface area (Å²) in [5.41, 5.74) is 6.52. The topological polar surface area (TPSA) is 54.7 Å². The molecule has 3 N–H and O–H groups in total. The number of aromatic nitrogens is 2. The first-order valence-corrected chi connectivity index (χ1v) is 5.25. The van der Waals surface area contributed by atoms with Crippen molar-refractivity contribution in [3.8, 4) is 11.3 Å². The molecule has 1 aromatic carbocycles. The van der Waals surface area contributed by atoms with Gasteiger partial charge in [-0.3, -0.25) is 5.10 Å². The van der Waals surface area contributed by atoms with Crippen molar-refractivity contribution in [2.75, 3.05) is 5.73 Å². The van der Waals surface area contributed by atoms with E-state index in [1.165, 1.54) is 18.2 Å². The number of H-pyrrole nitrogens is 1. The number of hydrogen-bond donors (Lipinski definition) is 2. The van der Waals surface area contributed by atoms with Crippen LogP contribution < -0.4 is 5.73 Å². The first kappa shape index (κ1) is 11.9. The minimum Gasteiger partial charge on any atom is -0.382 e. The lowest BCUT2D eigenvalue weighted by Gasteiger charge is -2.12. The second kappa shape index (κ2) is 4.00. The largest absolute Gasteiger partial charge is 0.382 e. The van der Waals surface area contributed by atoms with E-state index in [1.54, 1.807) is 6.07 Å². The predicted octanol–water partition coefficient (Wildman–Crippen LogP) is 3.42. The number of nitrogens with two attached hydrogens (primary N) is 1. The van der Waals surface area contributed by atoms with Gasteiger partial charge in [0.15, 0.2) is 0 Å². The van der Waals surface area contributed by atoms with Crippen LogP contribution in [0.5, 0.6) is 0 Å². The molecule has 90 valence electrons. The lowest BCUT2D eigenvalue weighted by molar-refractivity contribution is 0.0175. The molecule has 0 unspecified atom stereocenters. The highest BCUT2D eigenvalue weighted by atomic mass is 35.5. The quantitative estimate of drug-likeness (QED) is 0.866. The maximum atomic E-state index is 13.1. The summed E-state index contributed by atoms with van der Waals surface area (Å²) in [6.45, 7) is 0.826. The Kier molecular flexibility index (Phi) is 2.79. The lowest BCUT2D eigenvalue weighted by atomic mass is 10.1. The van der Waals surface area contributed by atoms with Gasteiger partial charge in [-0.15, -0.1) is 0 Å². The highest BCUT2D eigenvalue weighted by molar-refractivity contribution is 6.33. The number of rotatable bonds is 2. The van der Waals surface area contributed by atoms with Gasteiger partial charge in [-0.1, -0.05) is 23.7 Å². The van der Waals surface area contributed by atoms with Crippen LogP contribution in [0.3, 0.4) is 0 Å². The molecule has 0 aliphatic heterocycles. The van der Waals surface area contributed by atoms with Crippen LogP contribution in [-0.4, -0.2) is 10.2 Å². The zero-order chi connectivity index (χ0) is 12.6. The average molecular weight is 258 g/mol. The fourth-order valence-corrected chi connectivity index (χ4v) is 1.76. The Morgan fingerprint density at radius 1 is 1.35 bits per heavy atom. The van der Waals surface area contributed by atoms with E-state index in [4.69, 9.17) is 17.3 Å². The molecule has 0 radical (unpaired) electrons. The van der Waals surface area contributed by atoms with Crippen molar-refractivity contribution < 1.29 is 8.78 Å². The molecule has 2 rings (SSSR count). The van der Waals surface area contributed by atoms with Gasteiger partial charge in [0.2, 0.25) is 0 Å². The van der Waals surface area contributed by atoms with Gasteiger partial charge in [-0.2, -0.15) is 5.10 Å². The van der Waals surface area contributed by atoms with Crippen LogP contribution in [0.4, 0.5) is 14.6 Å². The minimum atomic E-state index is -2.91. The summed E-state index contributed by atoms with van der Waals surface area (Å²) in [7, 11) is 0. The molecule has 0 fully saturated rings. The summed E-state index contributed by atoms with van der Waals surface area (Å²) in [5, 5.41) is 6.65. The van der Waals surface area contributed by atoms with Crippen LogP contribution in [0.2, 0.25) is 5.02 Å². The molecule has 0 saturated carbocycles. The van der Waals surface area contributed by atoms with Gasteiger partial charge in [0.25, 0.3) is 5.92 Å². The van der Waals surface area contributed by atoms with Gasteiger partial charge >= 0.3 is 0 Å². The molecule has 1 heterocycles. The van der Waals surface area contributed by atoms with Gasteiger partial charge in [-0.05, 0) is 6.07 Å². The number of nitrogens with zero attached hydrogens (tertiary/aromatic N) is 1. The summed E-state index contributed by atoms with van der Waals surface area (Å²) >= 11 is 5.96. The maximum Gasteiger partial charge on any atom is 0.270 e. The third-order valence-electron chi connectivity index (χ3n) is 2.36. The Morgan fingerprint density at radius 3 is 2.53 bits per heavy atom. The fraction of sp³-hybridized carbons (Fsp3) is 0.182. The highest BCUT2D eigenvalue weighted by Crippen LogP contribution is 2.34. The maximum absolute atomic E-state index is 13.1. The Morgan fingerprint density at radius 2 is 2.06 bits per heavy atom. The van der Waals surface area contributed by atoms with Crippen molar-refractivity contribution in [3.63, 3.8) is 0 Å². The highest BCUT2D eigenvalue weighted by Gasteiger charge is 2.25. The smallest absolute Gasteiger partial charge is 0.270 e. The fourth-order valence-electron chi connectivity index (χ4n) is 1.48. The number of benzene rings is 1. The number of halogens is 3. The molecular weight excluding hydrogens is 248 g/mol. The van der Waals surface area contributed by atoms with E-state index < -0.39 is 5.92 Å². The molecule has 0 aliphatic carbocycles. The average Bonchev–Trinajstić information content (AvgIpc) is 2.63. The number of anilines is 1.